The van der Waals surface area contributed by atoms with Gasteiger partial charge in [0.2, 0.25) is 5.76 Å². The highest BCUT2D eigenvalue weighted by atomic mass is 19.1. The fourth-order valence-corrected chi connectivity index (χ4v) is 3.31. The Morgan fingerprint density at radius 3 is 2.71 bits per heavy atom. The van der Waals surface area contributed by atoms with Crippen LogP contribution in [0.4, 0.5) is 10.1 Å². The van der Waals surface area contributed by atoms with Crippen molar-refractivity contribution in [1.29, 1.82) is 0 Å². The Kier molecular flexibility index (Phi) is 5.08. The van der Waals surface area contributed by atoms with Crippen LogP contribution in [-0.2, 0) is 5.41 Å². The quantitative estimate of drug-likeness (QED) is 0.484. The van der Waals surface area contributed by atoms with E-state index in [1.165, 1.54) is 22.9 Å². The van der Waals surface area contributed by atoms with Gasteiger partial charge in [-0.05, 0) is 48.6 Å². The highest BCUT2D eigenvalue weighted by molar-refractivity contribution is 6.03. The lowest BCUT2D eigenvalue weighted by atomic mass is 9.83. The Balaban J connectivity index is 1.67. The summed E-state index contributed by atoms with van der Waals surface area (Å²) in [6.45, 7) is 9.80. The van der Waals surface area contributed by atoms with Crippen molar-refractivity contribution in [2.75, 3.05) is 5.32 Å². The number of nitrogens with zero attached hydrogens (tertiary/aromatic N) is 4. The standard InChI is InChI=1S/C23H24FN5O2/c1-6-23(4,5)16-9-15-12-29(28-21(15)25-11-16)19-10-17(7-8-18(19)24)27-22(30)20-13(2)26-14(3)31-20/h7-12H,6H2,1-5H3,(H,27,30). The first-order chi connectivity index (χ1) is 14.7. The first kappa shape index (κ1) is 20.7. The summed E-state index contributed by atoms with van der Waals surface area (Å²) in [5, 5.41) is 7.96. The number of hydrogen-bond donors (Lipinski definition) is 1. The number of amides is 1. The van der Waals surface area contributed by atoms with Crippen LogP contribution >= 0.6 is 0 Å². The molecule has 0 aliphatic heterocycles. The van der Waals surface area contributed by atoms with Crippen molar-refractivity contribution in [2.24, 2.45) is 0 Å². The molecule has 0 spiro atoms. The molecule has 0 aliphatic rings. The third-order valence-corrected chi connectivity index (χ3v) is 5.58. The summed E-state index contributed by atoms with van der Waals surface area (Å²) in [4.78, 5) is 21.1. The molecule has 8 heteroatoms. The van der Waals surface area contributed by atoms with E-state index in [0.717, 1.165) is 17.4 Å². The number of oxazole rings is 1. The van der Waals surface area contributed by atoms with E-state index < -0.39 is 11.7 Å². The van der Waals surface area contributed by atoms with Gasteiger partial charge in [0.25, 0.3) is 5.91 Å². The number of carbonyl (C=O) groups excluding carboxylic acids is 1. The Hall–Kier alpha value is -3.55. The molecular weight excluding hydrogens is 397 g/mol. The maximum absolute atomic E-state index is 14.6. The zero-order valence-electron chi connectivity index (χ0n) is 18.2. The van der Waals surface area contributed by atoms with Crippen molar-refractivity contribution in [3.05, 3.63) is 65.4 Å². The van der Waals surface area contributed by atoms with Crippen LogP contribution in [0.3, 0.4) is 0 Å². The number of nitrogens with one attached hydrogen (secondary N) is 1. The first-order valence-corrected chi connectivity index (χ1v) is 10.1. The second kappa shape index (κ2) is 7.61. The van der Waals surface area contributed by atoms with Gasteiger partial charge in [-0.25, -0.2) is 19.0 Å². The Morgan fingerprint density at radius 1 is 1.26 bits per heavy atom. The van der Waals surface area contributed by atoms with Gasteiger partial charge in [-0.1, -0.05) is 20.8 Å². The van der Waals surface area contributed by atoms with Crippen LogP contribution in [0.25, 0.3) is 16.7 Å². The monoisotopic (exact) mass is 421 g/mol. The summed E-state index contributed by atoms with van der Waals surface area (Å²) in [5.74, 6) is -0.381. The SMILES string of the molecule is CCC(C)(C)c1cnc2nn(-c3cc(NC(=O)c4oc(C)nc4C)ccc3F)cc2c1. The van der Waals surface area contributed by atoms with Gasteiger partial charge in [-0.2, -0.15) is 0 Å². The van der Waals surface area contributed by atoms with Gasteiger partial charge < -0.3 is 9.73 Å². The van der Waals surface area contributed by atoms with Gasteiger partial charge in [-0.3, -0.25) is 4.79 Å². The predicted octanol–water partition coefficient (Wildman–Crippen LogP) is 5.10. The van der Waals surface area contributed by atoms with E-state index in [4.69, 9.17) is 4.42 Å². The van der Waals surface area contributed by atoms with Gasteiger partial charge in [0, 0.05) is 30.4 Å². The van der Waals surface area contributed by atoms with E-state index in [1.54, 1.807) is 20.0 Å². The number of rotatable bonds is 5. The molecule has 0 fully saturated rings. The van der Waals surface area contributed by atoms with Crippen LogP contribution in [0.5, 0.6) is 0 Å². The molecule has 3 heterocycles. The van der Waals surface area contributed by atoms with E-state index in [1.807, 2.05) is 12.3 Å². The van der Waals surface area contributed by atoms with Crippen LogP contribution < -0.4 is 5.32 Å². The summed E-state index contributed by atoms with van der Waals surface area (Å²) < 4.78 is 21.4. The number of benzene rings is 1. The van der Waals surface area contributed by atoms with Gasteiger partial charge in [-0.15, -0.1) is 5.10 Å². The highest BCUT2D eigenvalue weighted by Gasteiger charge is 2.20. The van der Waals surface area contributed by atoms with Crippen LogP contribution in [0.1, 0.15) is 54.9 Å². The fourth-order valence-electron chi connectivity index (χ4n) is 3.31. The number of aryl methyl sites for hydroxylation is 2. The van der Waals surface area contributed by atoms with Gasteiger partial charge in [0.15, 0.2) is 11.5 Å². The van der Waals surface area contributed by atoms with Gasteiger partial charge >= 0.3 is 0 Å². The average molecular weight is 421 g/mol. The Bertz CT molecular complexity index is 1290. The molecule has 0 bridgehead atoms. The third kappa shape index (κ3) is 3.93. The summed E-state index contributed by atoms with van der Waals surface area (Å²) in [5.41, 5.74) is 2.72. The smallest absolute Gasteiger partial charge is 0.293 e. The molecule has 160 valence electrons. The Morgan fingerprint density at radius 2 is 2.03 bits per heavy atom. The van der Waals surface area contributed by atoms with Crippen LogP contribution in [0.15, 0.2) is 41.1 Å². The largest absolute Gasteiger partial charge is 0.436 e. The zero-order chi connectivity index (χ0) is 22.3. The van der Waals surface area contributed by atoms with E-state index in [0.29, 0.717) is 22.9 Å². The van der Waals surface area contributed by atoms with Crippen molar-refractivity contribution >= 4 is 22.6 Å². The van der Waals surface area contributed by atoms with E-state index in [-0.39, 0.29) is 16.9 Å². The molecule has 0 radical (unpaired) electrons. The van der Waals surface area contributed by atoms with Crippen molar-refractivity contribution in [1.82, 2.24) is 19.7 Å². The number of anilines is 1. The third-order valence-electron chi connectivity index (χ3n) is 5.58. The molecule has 1 amide bonds. The number of aromatic nitrogens is 4. The predicted molar refractivity (Wildman–Crippen MR) is 116 cm³/mol. The average Bonchev–Trinajstić information content (AvgIpc) is 3.31. The molecule has 7 nitrogen and oxygen atoms in total. The molecule has 1 aromatic carbocycles. The van der Waals surface area contributed by atoms with Gasteiger partial charge in [0.1, 0.15) is 11.5 Å². The van der Waals surface area contributed by atoms with Crippen LogP contribution in [0, 0.1) is 19.7 Å². The molecule has 0 saturated heterocycles. The number of pyridine rings is 1. The van der Waals surface area contributed by atoms with Crippen molar-refractivity contribution < 1.29 is 13.6 Å². The highest BCUT2D eigenvalue weighted by Crippen LogP contribution is 2.29. The minimum Gasteiger partial charge on any atom is -0.436 e. The molecule has 4 rings (SSSR count). The summed E-state index contributed by atoms with van der Waals surface area (Å²) in [6, 6.07) is 6.33. The summed E-state index contributed by atoms with van der Waals surface area (Å²) in [7, 11) is 0. The first-order valence-electron chi connectivity index (χ1n) is 10.1. The van der Waals surface area contributed by atoms with Crippen molar-refractivity contribution in [3.63, 3.8) is 0 Å². The summed E-state index contributed by atoms with van der Waals surface area (Å²) in [6.07, 6.45) is 4.53. The second-order valence-electron chi connectivity index (χ2n) is 8.22. The van der Waals surface area contributed by atoms with Crippen molar-refractivity contribution in [3.8, 4) is 5.69 Å². The Labute approximate surface area is 179 Å². The van der Waals surface area contributed by atoms with E-state index in [9.17, 15) is 9.18 Å². The van der Waals surface area contributed by atoms with Crippen molar-refractivity contribution in [2.45, 2.75) is 46.5 Å². The molecule has 1 N–H and O–H groups in total. The number of halogens is 1. The molecular formula is C23H24FN5O2. The number of carbonyl (C=O) groups is 1. The minimum absolute atomic E-state index is 0.0179. The maximum Gasteiger partial charge on any atom is 0.293 e. The summed E-state index contributed by atoms with van der Waals surface area (Å²) >= 11 is 0. The lowest BCUT2D eigenvalue weighted by Gasteiger charge is -2.22. The maximum atomic E-state index is 14.6. The molecule has 4 aromatic rings. The molecule has 0 aliphatic carbocycles. The molecule has 3 aromatic heterocycles. The zero-order valence-corrected chi connectivity index (χ0v) is 18.2. The number of hydrogen-bond acceptors (Lipinski definition) is 5. The second-order valence-corrected chi connectivity index (χ2v) is 8.22. The fraction of sp³-hybridized carbons (Fsp3) is 0.304. The lowest BCUT2D eigenvalue weighted by molar-refractivity contribution is 0.0994. The molecule has 0 unspecified atom stereocenters. The minimum atomic E-state index is -0.466. The van der Waals surface area contributed by atoms with Crippen LogP contribution in [0.2, 0.25) is 0 Å². The van der Waals surface area contributed by atoms with Crippen LogP contribution in [-0.4, -0.2) is 25.7 Å². The normalized spacial score (nSPS) is 11.8. The van der Waals surface area contributed by atoms with Gasteiger partial charge in [0.05, 0.1) is 5.69 Å². The molecule has 0 saturated carbocycles. The lowest BCUT2D eigenvalue weighted by Crippen LogP contribution is -2.15. The van der Waals surface area contributed by atoms with E-state index in [2.05, 4.69) is 41.2 Å². The number of fused-ring (bicyclic) bond motifs is 1. The molecule has 0 atom stereocenters. The topological polar surface area (TPSA) is 85.8 Å². The molecule has 31 heavy (non-hydrogen) atoms. The van der Waals surface area contributed by atoms with E-state index >= 15 is 0 Å².